The van der Waals surface area contributed by atoms with E-state index in [0.29, 0.717) is 25.1 Å². The zero-order chi connectivity index (χ0) is 18.9. The molecule has 0 aliphatic heterocycles. The molecule has 0 spiro atoms. The molecule has 0 saturated carbocycles. The molecule has 7 nitrogen and oxygen atoms in total. The number of hydrogen-bond donors (Lipinski definition) is 2. The molecule has 0 saturated heterocycles. The Morgan fingerprint density at radius 3 is 2.50 bits per heavy atom. The highest BCUT2D eigenvalue weighted by Crippen LogP contribution is 2.18. The number of aliphatic carboxylic acids is 1. The summed E-state index contributed by atoms with van der Waals surface area (Å²) in [5.74, 6) is -1.11. The van der Waals surface area contributed by atoms with Gasteiger partial charge in [-0.15, -0.1) is 0 Å². The van der Waals surface area contributed by atoms with Crippen LogP contribution in [0.3, 0.4) is 0 Å². The second kappa shape index (κ2) is 9.86. The van der Waals surface area contributed by atoms with E-state index in [1.165, 1.54) is 6.07 Å². The number of carbonyl (C=O) groups excluding carboxylic acids is 1. The second-order valence-electron chi connectivity index (χ2n) is 5.78. The monoisotopic (exact) mass is 421 g/mol. The van der Waals surface area contributed by atoms with Gasteiger partial charge >= 0.3 is 5.97 Å². The average Bonchev–Trinajstić information content (AvgIpc) is 2.60. The van der Waals surface area contributed by atoms with Crippen molar-refractivity contribution in [1.29, 1.82) is 0 Å². The van der Waals surface area contributed by atoms with Crippen LogP contribution in [0.25, 0.3) is 11.3 Å². The van der Waals surface area contributed by atoms with Gasteiger partial charge in [0.05, 0.1) is 5.69 Å². The molecule has 0 atom stereocenters. The van der Waals surface area contributed by atoms with Crippen LogP contribution in [0.2, 0.25) is 0 Å². The maximum absolute atomic E-state index is 12.0. The Hall–Kier alpha value is -2.48. The smallest absolute Gasteiger partial charge is 0.303 e. The number of halogens is 1. The molecule has 0 aliphatic carbocycles. The van der Waals surface area contributed by atoms with Gasteiger partial charge in [0, 0.05) is 29.1 Å². The molecule has 0 aliphatic rings. The van der Waals surface area contributed by atoms with Gasteiger partial charge in [-0.25, -0.2) is 4.68 Å². The molecule has 0 radical (unpaired) electrons. The SMILES string of the molecule is O=C(O)CCCCCNC(=O)Cn1nc(-c2ccc(Br)cc2)ccc1=O. The molecule has 26 heavy (non-hydrogen) atoms. The van der Waals surface area contributed by atoms with Crippen LogP contribution in [-0.4, -0.2) is 33.3 Å². The Labute approximate surface area is 159 Å². The van der Waals surface area contributed by atoms with Crippen LogP contribution >= 0.6 is 15.9 Å². The molecule has 0 bridgehead atoms. The molecule has 1 heterocycles. The summed E-state index contributed by atoms with van der Waals surface area (Å²) < 4.78 is 2.08. The van der Waals surface area contributed by atoms with Crippen molar-refractivity contribution < 1.29 is 14.7 Å². The maximum atomic E-state index is 12.0. The highest BCUT2D eigenvalue weighted by Gasteiger charge is 2.08. The van der Waals surface area contributed by atoms with Crippen LogP contribution in [0.5, 0.6) is 0 Å². The normalized spacial score (nSPS) is 10.5. The van der Waals surface area contributed by atoms with E-state index in [2.05, 4.69) is 26.3 Å². The highest BCUT2D eigenvalue weighted by molar-refractivity contribution is 9.10. The molecule has 1 aromatic heterocycles. The molecule has 138 valence electrons. The predicted molar refractivity (Wildman–Crippen MR) is 101 cm³/mol. The molecule has 2 N–H and O–H groups in total. The van der Waals surface area contributed by atoms with E-state index >= 15 is 0 Å². The maximum Gasteiger partial charge on any atom is 0.303 e. The van der Waals surface area contributed by atoms with Gasteiger partial charge in [0.1, 0.15) is 6.54 Å². The number of unbranched alkanes of at least 4 members (excludes halogenated alkanes) is 2. The first-order valence-electron chi connectivity index (χ1n) is 8.28. The van der Waals surface area contributed by atoms with Gasteiger partial charge in [0.15, 0.2) is 0 Å². The fourth-order valence-electron chi connectivity index (χ4n) is 2.33. The van der Waals surface area contributed by atoms with Crippen LogP contribution in [0.15, 0.2) is 45.7 Å². The number of rotatable bonds is 9. The molecule has 0 fully saturated rings. The van der Waals surface area contributed by atoms with Gasteiger partial charge in [-0.3, -0.25) is 14.4 Å². The zero-order valence-electron chi connectivity index (χ0n) is 14.2. The number of hydrogen-bond acceptors (Lipinski definition) is 4. The minimum absolute atomic E-state index is 0.135. The molecular weight excluding hydrogens is 402 g/mol. The van der Waals surface area contributed by atoms with Crippen molar-refractivity contribution in [3.63, 3.8) is 0 Å². The lowest BCUT2D eigenvalue weighted by molar-refractivity contribution is -0.137. The Morgan fingerprint density at radius 2 is 1.81 bits per heavy atom. The standard InChI is InChI=1S/C18H20BrN3O4/c19-14-7-5-13(6-8-14)15-9-10-17(24)22(21-15)12-16(23)20-11-3-1-2-4-18(25)26/h5-10H,1-4,11-12H2,(H,20,23)(H,25,26). The number of carboxylic acids is 1. The second-order valence-corrected chi connectivity index (χ2v) is 6.69. The number of nitrogens with one attached hydrogen (secondary N) is 1. The van der Waals surface area contributed by atoms with Crippen molar-refractivity contribution in [3.8, 4) is 11.3 Å². The molecular formula is C18H20BrN3O4. The van der Waals surface area contributed by atoms with E-state index in [1.54, 1.807) is 6.07 Å². The lowest BCUT2D eigenvalue weighted by Crippen LogP contribution is -2.34. The van der Waals surface area contributed by atoms with Crippen LogP contribution < -0.4 is 10.9 Å². The van der Waals surface area contributed by atoms with Crippen LogP contribution in [-0.2, 0) is 16.1 Å². The summed E-state index contributed by atoms with van der Waals surface area (Å²) in [7, 11) is 0. The van der Waals surface area contributed by atoms with Crippen molar-refractivity contribution in [3.05, 3.63) is 51.2 Å². The summed E-state index contributed by atoms with van der Waals surface area (Å²) >= 11 is 3.37. The lowest BCUT2D eigenvalue weighted by atomic mass is 10.1. The number of carboxylic acid groups (broad SMARTS) is 1. The molecule has 2 aromatic rings. The third-order valence-corrected chi connectivity index (χ3v) is 4.22. The summed E-state index contributed by atoms with van der Waals surface area (Å²) in [5, 5.41) is 15.5. The number of nitrogens with zero attached hydrogens (tertiary/aromatic N) is 2. The third kappa shape index (κ3) is 6.44. The van der Waals surface area contributed by atoms with Gasteiger partial charge in [0.25, 0.3) is 5.56 Å². The van der Waals surface area contributed by atoms with E-state index in [-0.39, 0.29) is 24.4 Å². The van der Waals surface area contributed by atoms with Gasteiger partial charge in [0.2, 0.25) is 5.91 Å². The fourth-order valence-corrected chi connectivity index (χ4v) is 2.60. The topological polar surface area (TPSA) is 101 Å². The Bertz CT molecular complexity index is 818. The van der Waals surface area contributed by atoms with Crippen LogP contribution in [0.4, 0.5) is 0 Å². The number of amides is 1. The lowest BCUT2D eigenvalue weighted by Gasteiger charge is -2.08. The average molecular weight is 422 g/mol. The van der Waals surface area contributed by atoms with Crippen LogP contribution in [0, 0.1) is 0 Å². The Morgan fingerprint density at radius 1 is 1.08 bits per heavy atom. The van der Waals surface area contributed by atoms with E-state index in [1.807, 2.05) is 24.3 Å². The first-order chi connectivity index (χ1) is 12.5. The Kier molecular flexibility index (Phi) is 7.53. The van der Waals surface area contributed by atoms with Crippen molar-refractivity contribution in [2.24, 2.45) is 0 Å². The fraction of sp³-hybridized carbons (Fsp3) is 0.333. The molecule has 2 rings (SSSR count). The van der Waals surface area contributed by atoms with Gasteiger partial charge in [-0.05, 0) is 31.0 Å². The molecule has 0 unspecified atom stereocenters. The van der Waals surface area contributed by atoms with Crippen LogP contribution in [0.1, 0.15) is 25.7 Å². The van der Waals surface area contributed by atoms with E-state index in [0.717, 1.165) is 21.1 Å². The molecule has 1 aromatic carbocycles. The predicted octanol–water partition coefficient (Wildman–Crippen LogP) is 2.43. The summed E-state index contributed by atoms with van der Waals surface area (Å²) in [6.45, 7) is 0.290. The molecule has 1 amide bonds. The van der Waals surface area contributed by atoms with Gasteiger partial charge in [-0.2, -0.15) is 5.10 Å². The Balaban J connectivity index is 1.89. The molecule has 8 heteroatoms. The van der Waals surface area contributed by atoms with E-state index < -0.39 is 5.97 Å². The van der Waals surface area contributed by atoms with E-state index in [4.69, 9.17) is 5.11 Å². The summed E-state index contributed by atoms with van der Waals surface area (Å²) in [4.78, 5) is 34.3. The largest absolute Gasteiger partial charge is 0.481 e. The van der Waals surface area contributed by atoms with Crippen molar-refractivity contribution in [2.45, 2.75) is 32.2 Å². The van der Waals surface area contributed by atoms with Gasteiger partial charge in [-0.1, -0.05) is 34.5 Å². The zero-order valence-corrected chi connectivity index (χ0v) is 15.7. The van der Waals surface area contributed by atoms with E-state index in [9.17, 15) is 14.4 Å². The van der Waals surface area contributed by atoms with Crippen molar-refractivity contribution in [1.82, 2.24) is 15.1 Å². The van der Waals surface area contributed by atoms with Crippen molar-refractivity contribution >= 4 is 27.8 Å². The quantitative estimate of drug-likeness (QED) is 0.605. The first-order valence-corrected chi connectivity index (χ1v) is 9.07. The van der Waals surface area contributed by atoms with Crippen molar-refractivity contribution in [2.75, 3.05) is 6.54 Å². The minimum atomic E-state index is -0.815. The number of benzene rings is 1. The first kappa shape index (κ1) is 19.8. The number of carbonyl (C=O) groups is 2. The number of aromatic nitrogens is 2. The highest BCUT2D eigenvalue weighted by atomic mass is 79.9. The third-order valence-electron chi connectivity index (χ3n) is 3.69. The van der Waals surface area contributed by atoms with Gasteiger partial charge < -0.3 is 10.4 Å². The summed E-state index contributed by atoms with van der Waals surface area (Å²) in [6, 6.07) is 10.5. The summed E-state index contributed by atoms with van der Waals surface area (Å²) in [5.41, 5.74) is 1.11. The minimum Gasteiger partial charge on any atom is -0.481 e. The summed E-state index contributed by atoms with van der Waals surface area (Å²) in [6.07, 6.45) is 2.14.